The minimum absolute atomic E-state index is 0.274. The van der Waals surface area contributed by atoms with Gasteiger partial charge in [0.25, 0.3) is 5.91 Å². The van der Waals surface area contributed by atoms with E-state index in [9.17, 15) is 9.59 Å². The number of rotatable bonds is 9. The molecule has 1 atom stereocenters. The molecule has 0 bridgehead atoms. The van der Waals surface area contributed by atoms with Crippen LogP contribution in [0.4, 0.5) is 0 Å². The number of carbonyl (C=O) groups excluding carboxylic acids is 2. The number of hydrogen-bond donors (Lipinski definition) is 1. The largest absolute Gasteiger partial charge is 0.494 e. The van der Waals surface area contributed by atoms with Crippen molar-refractivity contribution < 1.29 is 23.8 Å². The van der Waals surface area contributed by atoms with Crippen molar-refractivity contribution in [3.63, 3.8) is 0 Å². The van der Waals surface area contributed by atoms with Crippen LogP contribution in [0.25, 0.3) is 0 Å². The Balaban J connectivity index is 1.72. The summed E-state index contributed by atoms with van der Waals surface area (Å²) in [6.07, 6.45) is -0.896. The Labute approximate surface area is 159 Å². The molecule has 27 heavy (non-hydrogen) atoms. The highest BCUT2D eigenvalue weighted by molar-refractivity contribution is 5.83. The van der Waals surface area contributed by atoms with Crippen LogP contribution in [-0.4, -0.2) is 31.2 Å². The zero-order chi connectivity index (χ0) is 19.6. The van der Waals surface area contributed by atoms with Crippen molar-refractivity contribution in [3.05, 3.63) is 59.7 Å². The van der Waals surface area contributed by atoms with Crippen LogP contribution in [0.1, 0.15) is 25.0 Å². The number of esters is 1. The highest BCUT2D eigenvalue weighted by atomic mass is 16.6. The molecule has 2 aromatic carbocycles. The summed E-state index contributed by atoms with van der Waals surface area (Å²) in [5.41, 5.74) is 2.13. The lowest BCUT2D eigenvalue weighted by Gasteiger charge is -2.14. The Morgan fingerprint density at radius 1 is 0.963 bits per heavy atom. The van der Waals surface area contributed by atoms with Gasteiger partial charge in [-0.05, 0) is 50.6 Å². The lowest BCUT2D eigenvalue weighted by Crippen LogP contribution is -2.36. The molecule has 144 valence electrons. The van der Waals surface area contributed by atoms with Crippen LogP contribution in [0.2, 0.25) is 0 Å². The molecule has 6 heteroatoms. The number of ether oxygens (including phenoxy) is 3. The van der Waals surface area contributed by atoms with Gasteiger partial charge < -0.3 is 19.5 Å². The van der Waals surface area contributed by atoms with Crippen molar-refractivity contribution in [1.82, 2.24) is 5.32 Å². The first kappa shape index (κ1) is 20.3. The maximum Gasteiger partial charge on any atom is 0.344 e. The van der Waals surface area contributed by atoms with Crippen molar-refractivity contribution in [2.75, 3.05) is 13.2 Å². The van der Waals surface area contributed by atoms with Gasteiger partial charge in [-0.15, -0.1) is 0 Å². The number of carbonyl (C=O) groups is 2. The maximum absolute atomic E-state index is 12.0. The molecule has 1 N–H and O–H groups in total. The number of aryl methyl sites for hydroxylation is 1. The van der Waals surface area contributed by atoms with Crippen LogP contribution in [0.15, 0.2) is 48.5 Å². The highest BCUT2D eigenvalue weighted by Crippen LogP contribution is 2.17. The molecule has 0 saturated carbocycles. The lowest BCUT2D eigenvalue weighted by atomic mass is 10.1. The summed E-state index contributed by atoms with van der Waals surface area (Å²) >= 11 is 0. The third-order valence-electron chi connectivity index (χ3n) is 3.76. The predicted octanol–water partition coefficient (Wildman–Crippen LogP) is 3.02. The Hall–Kier alpha value is -3.02. The second-order valence-electron chi connectivity index (χ2n) is 6.03. The number of hydrogen-bond acceptors (Lipinski definition) is 5. The van der Waals surface area contributed by atoms with Crippen LogP contribution in [0, 0.1) is 6.92 Å². The first-order chi connectivity index (χ1) is 13.0. The van der Waals surface area contributed by atoms with E-state index >= 15 is 0 Å². The van der Waals surface area contributed by atoms with E-state index in [1.807, 2.05) is 38.1 Å². The van der Waals surface area contributed by atoms with Gasteiger partial charge >= 0.3 is 5.97 Å². The first-order valence-electron chi connectivity index (χ1n) is 8.86. The Morgan fingerprint density at radius 3 is 2.15 bits per heavy atom. The lowest BCUT2D eigenvalue weighted by molar-refractivity contribution is -0.156. The molecule has 0 heterocycles. The van der Waals surface area contributed by atoms with Gasteiger partial charge in [-0.2, -0.15) is 0 Å². The minimum atomic E-state index is -0.896. The quantitative estimate of drug-likeness (QED) is 0.686. The molecule has 0 saturated heterocycles. The monoisotopic (exact) mass is 371 g/mol. The van der Waals surface area contributed by atoms with Gasteiger partial charge in [0.2, 0.25) is 0 Å². The molecule has 2 rings (SSSR count). The normalized spacial score (nSPS) is 11.4. The van der Waals surface area contributed by atoms with Crippen molar-refractivity contribution in [2.45, 2.75) is 33.4 Å². The summed E-state index contributed by atoms with van der Waals surface area (Å²) in [5, 5.41) is 2.74. The summed E-state index contributed by atoms with van der Waals surface area (Å²) < 4.78 is 15.8. The molecule has 0 aliphatic rings. The smallest absolute Gasteiger partial charge is 0.344 e. The summed E-state index contributed by atoms with van der Waals surface area (Å²) in [6, 6.07) is 14.8. The van der Waals surface area contributed by atoms with Crippen molar-refractivity contribution in [3.8, 4) is 11.5 Å². The summed E-state index contributed by atoms with van der Waals surface area (Å²) in [6.45, 7) is 6.11. The SMILES string of the molecule is CCOc1ccc(OCC(=O)O[C@@H](C)C(=O)NCc2ccc(C)cc2)cc1. The number of amides is 1. The average Bonchev–Trinajstić information content (AvgIpc) is 2.67. The summed E-state index contributed by atoms with van der Waals surface area (Å²) in [4.78, 5) is 23.9. The maximum atomic E-state index is 12.0. The van der Waals surface area contributed by atoms with Gasteiger partial charge in [0.05, 0.1) is 6.61 Å². The first-order valence-corrected chi connectivity index (χ1v) is 8.86. The molecule has 0 spiro atoms. The van der Waals surface area contributed by atoms with Gasteiger partial charge in [0, 0.05) is 6.54 Å². The summed E-state index contributed by atoms with van der Waals surface area (Å²) in [7, 11) is 0. The molecule has 1 amide bonds. The predicted molar refractivity (Wildman–Crippen MR) is 102 cm³/mol. The zero-order valence-electron chi connectivity index (χ0n) is 15.9. The molecule has 0 aliphatic carbocycles. The fraction of sp³-hybridized carbons (Fsp3) is 0.333. The van der Waals surface area contributed by atoms with E-state index in [2.05, 4.69) is 5.32 Å². The van der Waals surface area contributed by atoms with Gasteiger partial charge in [-0.25, -0.2) is 4.79 Å². The molecule has 0 aromatic heterocycles. The number of benzene rings is 2. The second-order valence-corrected chi connectivity index (χ2v) is 6.03. The van der Waals surface area contributed by atoms with Crippen LogP contribution in [-0.2, 0) is 20.9 Å². The van der Waals surface area contributed by atoms with E-state index < -0.39 is 12.1 Å². The Morgan fingerprint density at radius 2 is 1.56 bits per heavy atom. The molecule has 0 radical (unpaired) electrons. The van der Waals surface area contributed by atoms with Gasteiger partial charge in [0.15, 0.2) is 12.7 Å². The van der Waals surface area contributed by atoms with Crippen LogP contribution in [0.3, 0.4) is 0 Å². The highest BCUT2D eigenvalue weighted by Gasteiger charge is 2.17. The molecular formula is C21H25NO5. The van der Waals surface area contributed by atoms with E-state index in [1.54, 1.807) is 24.3 Å². The molecule has 6 nitrogen and oxygen atoms in total. The molecule has 0 aliphatic heterocycles. The average molecular weight is 371 g/mol. The third-order valence-corrected chi connectivity index (χ3v) is 3.76. The fourth-order valence-electron chi connectivity index (χ4n) is 2.26. The third kappa shape index (κ3) is 7.01. The Bertz CT molecular complexity index is 740. The van der Waals surface area contributed by atoms with Crippen molar-refractivity contribution >= 4 is 11.9 Å². The molecule has 2 aromatic rings. The fourth-order valence-corrected chi connectivity index (χ4v) is 2.26. The molecule has 0 unspecified atom stereocenters. The zero-order valence-corrected chi connectivity index (χ0v) is 15.9. The van der Waals surface area contributed by atoms with Crippen molar-refractivity contribution in [2.24, 2.45) is 0 Å². The van der Waals surface area contributed by atoms with E-state index in [4.69, 9.17) is 14.2 Å². The van der Waals surface area contributed by atoms with Crippen LogP contribution < -0.4 is 14.8 Å². The van der Waals surface area contributed by atoms with E-state index in [0.717, 1.165) is 16.9 Å². The topological polar surface area (TPSA) is 73.9 Å². The minimum Gasteiger partial charge on any atom is -0.494 e. The summed E-state index contributed by atoms with van der Waals surface area (Å²) in [5.74, 6) is 0.282. The Kier molecular flexibility index (Phi) is 7.67. The van der Waals surface area contributed by atoms with Crippen LogP contribution >= 0.6 is 0 Å². The van der Waals surface area contributed by atoms with Gasteiger partial charge in [0.1, 0.15) is 11.5 Å². The van der Waals surface area contributed by atoms with E-state index in [0.29, 0.717) is 18.9 Å². The van der Waals surface area contributed by atoms with Gasteiger partial charge in [-0.3, -0.25) is 4.79 Å². The van der Waals surface area contributed by atoms with Crippen LogP contribution in [0.5, 0.6) is 11.5 Å². The standard InChI is InChI=1S/C21H25NO5/c1-4-25-18-9-11-19(12-10-18)26-14-20(23)27-16(3)21(24)22-13-17-7-5-15(2)6-8-17/h5-12,16H,4,13-14H2,1-3H3,(H,22,24)/t16-/m0/s1. The van der Waals surface area contributed by atoms with Crippen molar-refractivity contribution in [1.29, 1.82) is 0 Å². The molecular weight excluding hydrogens is 346 g/mol. The van der Waals surface area contributed by atoms with Gasteiger partial charge in [-0.1, -0.05) is 29.8 Å². The van der Waals surface area contributed by atoms with E-state index in [-0.39, 0.29) is 12.5 Å². The molecule has 0 fully saturated rings. The number of nitrogens with one attached hydrogen (secondary N) is 1. The van der Waals surface area contributed by atoms with E-state index in [1.165, 1.54) is 6.92 Å². The second kappa shape index (κ2) is 10.2.